The van der Waals surface area contributed by atoms with Crippen molar-refractivity contribution in [3.05, 3.63) is 71.9 Å². The zero-order valence-electron chi connectivity index (χ0n) is 13.6. The van der Waals surface area contributed by atoms with Crippen molar-refractivity contribution in [1.29, 1.82) is 0 Å². The van der Waals surface area contributed by atoms with Crippen LogP contribution in [-0.2, 0) is 0 Å². The number of benzene rings is 1. The van der Waals surface area contributed by atoms with E-state index in [1.807, 2.05) is 77.6 Å². The normalized spacial score (nSPS) is 10.8. The molecule has 3 heterocycles. The van der Waals surface area contributed by atoms with E-state index in [-0.39, 0.29) is 6.03 Å². The molecular weight excluding hydrogens is 332 g/mol. The molecule has 1 aromatic carbocycles. The maximum Gasteiger partial charge on any atom is 0.324 e. The van der Waals surface area contributed by atoms with E-state index in [2.05, 4.69) is 10.6 Å². The van der Waals surface area contributed by atoms with Gasteiger partial charge in [0.15, 0.2) is 0 Å². The van der Waals surface area contributed by atoms with Crippen LogP contribution in [0.5, 0.6) is 0 Å². The first-order chi connectivity index (χ1) is 12.2. The fourth-order valence-electron chi connectivity index (χ4n) is 2.67. The summed E-state index contributed by atoms with van der Waals surface area (Å²) in [5.74, 6) is 0. The summed E-state index contributed by atoms with van der Waals surface area (Å²) in [5, 5.41) is 8.39. The summed E-state index contributed by atoms with van der Waals surface area (Å²) < 4.78 is 2.01. The number of carbonyl (C=O) groups is 1. The Morgan fingerprint density at radius 1 is 1.12 bits per heavy atom. The number of aromatic nitrogens is 2. The van der Waals surface area contributed by atoms with Gasteiger partial charge in [0.1, 0.15) is 5.65 Å². The Hall–Kier alpha value is -3.12. The predicted octanol–water partition coefficient (Wildman–Crippen LogP) is 5.02. The molecule has 0 unspecified atom stereocenters. The minimum Gasteiger partial charge on any atom is -0.308 e. The Morgan fingerprint density at radius 2 is 2.04 bits per heavy atom. The first-order valence-electron chi connectivity index (χ1n) is 7.85. The van der Waals surface area contributed by atoms with Gasteiger partial charge in [0.25, 0.3) is 0 Å². The zero-order valence-corrected chi connectivity index (χ0v) is 14.4. The number of hydrogen-bond donors (Lipinski definition) is 2. The molecule has 3 aromatic heterocycles. The summed E-state index contributed by atoms with van der Waals surface area (Å²) in [6.07, 6.45) is 3.97. The first-order valence-corrected chi connectivity index (χ1v) is 8.73. The average molecular weight is 348 g/mol. The fourth-order valence-corrected chi connectivity index (χ4v) is 3.29. The number of pyridine rings is 1. The quantitative estimate of drug-likeness (QED) is 0.546. The van der Waals surface area contributed by atoms with Crippen molar-refractivity contribution in [3.8, 4) is 11.3 Å². The Bertz CT molecular complexity index is 1040. The van der Waals surface area contributed by atoms with Crippen molar-refractivity contribution in [3.63, 3.8) is 0 Å². The number of amides is 2. The molecule has 0 fully saturated rings. The predicted molar refractivity (Wildman–Crippen MR) is 102 cm³/mol. The molecule has 124 valence electrons. The Morgan fingerprint density at radius 3 is 2.84 bits per heavy atom. The minimum absolute atomic E-state index is 0.259. The van der Waals surface area contributed by atoms with Crippen LogP contribution in [0.3, 0.4) is 0 Å². The number of nitrogens with zero attached hydrogens (tertiary/aromatic N) is 2. The lowest BCUT2D eigenvalue weighted by Gasteiger charge is -2.07. The van der Waals surface area contributed by atoms with Gasteiger partial charge < -0.3 is 9.72 Å². The molecule has 0 aliphatic rings. The Balaban J connectivity index is 1.58. The second-order valence-corrected chi connectivity index (χ2v) is 6.63. The lowest BCUT2D eigenvalue weighted by Crippen LogP contribution is -2.18. The first kappa shape index (κ1) is 15.4. The van der Waals surface area contributed by atoms with Crippen LogP contribution in [0.15, 0.2) is 66.3 Å². The van der Waals surface area contributed by atoms with Crippen molar-refractivity contribution in [2.45, 2.75) is 6.92 Å². The van der Waals surface area contributed by atoms with Gasteiger partial charge in [-0.1, -0.05) is 18.2 Å². The molecule has 0 aliphatic carbocycles. The maximum atomic E-state index is 12.1. The number of thiophene rings is 1. The molecule has 2 amide bonds. The number of anilines is 2. The van der Waals surface area contributed by atoms with E-state index in [9.17, 15) is 4.79 Å². The van der Waals surface area contributed by atoms with E-state index in [1.54, 1.807) is 0 Å². The number of nitrogens with one attached hydrogen (secondary N) is 2. The molecule has 0 saturated heterocycles. The van der Waals surface area contributed by atoms with Gasteiger partial charge in [-0.3, -0.25) is 5.32 Å². The van der Waals surface area contributed by atoms with Gasteiger partial charge in [-0.2, -0.15) is 0 Å². The van der Waals surface area contributed by atoms with Gasteiger partial charge >= 0.3 is 6.03 Å². The average Bonchev–Trinajstić information content (AvgIpc) is 3.25. The van der Waals surface area contributed by atoms with Gasteiger partial charge in [-0.15, -0.1) is 11.3 Å². The van der Waals surface area contributed by atoms with Crippen LogP contribution in [0.1, 0.15) is 5.56 Å². The largest absolute Gasteiger partial charge is 0.324 e. The van der Waals surface area contributed by atoms with Crippen molar-refractivity contribution >= 4 is 33.7 Å². The van der Waals surface area contributed by atoms with Gasteiger partial charge in [-0.25, -0.2) is 9.78 Å². The summed E-state index contributed by atoms with van der Waals surface area (Å²) >= 11 is 1.48. The van der Waals surface area contributed by atoms with E-state index >= 15 is 0 Å². The topological polar surface area (TPSA) is 58.4 Å². The van der Waals surface area contributed by atoms with Crippen LogP contribution >= 0.6 is 11.3 Å². The second kappa shape index (κ2) is 6.41. The van der Waals surface area contributed by atoms with Gasteiger partial charge in [0.2, 0.25) is 0 Å². The highest BCUT2D eigenvalue weighted by molar-refractivity contribution is 7.14. The molecular formula is C19H16N4OS. The van der Waals surface area contributed by atoms with Crippen molar-refractivity contribution in [2.24, 2.45) is 0 Å². The molecule has 0 spiro atoms. The number of urea groups is 1. The van der Waals surface area contributed by atoms with Crippen molar-refractivity contribution < 1.29 is 4.79 Å². The minimum atomic E-state index is -0.259. The zero-order chi connectivity index (χ0) is 17.2. The van der Waals surface area contributed by atoms with Gasteiger partial charge in [-0.05, 0) is 48.2 Å². The molecule has 0 bridgehead atoms. The fraction of sp³-hybridized carbons (Fsp3) is 0.0526. The summed E-state index contributed by atoms with van der Waals surface area (Å²) in [7, 11) is 0. The van der Waals surface area contributed by atoms with E-state index in [4.69, 9.17) is 4.98 Å². The van der Waals surface area contributed by atoms with Gasteiger partial charge in [0, 0.05) is 23.6 Å². The number of aryl methyl sites for hydroxylation is 1. The van der Waals surface area contributed by atoms with Crippen LogP contribution in [0.4, 0.5) is 15.5 Å². The van der Waals surface area contributed by atoms with Gasteiger partial charge in [0.05, 0.1) is 10.7 Å². The second-order valence-electron chi connectivity index (χ2n) is 5.69. The highest BCUT2D eigenvalue weighted by Gasteiger charge is 2.08. The maximum absolute atomic E-state index is 12.1. The molecule has 0 radical (unpaired) electrons. The highest BCUT2D eigenvalue weighted by Crippen LogP contribution is 2.24. The third-order valence-corrected chi connectivity index (χ3v) is 4.64. The van der Waals surface area contributed by atoms with Crippen LogP contribution in [0, 0.1) is 6.92 Å². The van der Waals surface area contributed by atoms with Crippen LogP contribution < -0.4 is 10.6 Å². The van der Waals surface area contributed by atoms with Crippen LogP contribution in [0.25, 0.3) is 16.9 Å². The summed E-state index contributed by atoms with van der Waals surface area (Å²) in [6.45, 7) is 2.04. The third kappa shape index (κ3) is 3.25. The van der Waals surface area contributed by atoms with Crippen LogP contribution in [0.2, 0.25) is 0 Å². The number of rotatable bonds is 3. The van der Waals surface area contributed by atoms with Crippen molar-refractivity contribution in [2.75, 3.05) is 10.6 Å². The summed E-state index contributed by atoms with van der Waals surface area (Å²) in [4.78, 5) is 16.8. The van der Waals surface area contributed by atoms with Crippen LogP contribution in [-0.4, -0.2) is 15.4 Å². The lowest BCUT2D eigenvalue weighted by molar-refractivity contribution is 0.262. The monoisotopic (exact) mass is 348 g/mol. The van der Waals surface area contributed by atoms with E-state index in [0.717, 1.165) is 33.2 Å². The molecule has 0 saturated carbocycles. The molecule has 5 nitrogen and oxygen atoms in total. The number of hydrogen-bond acceptors (Lipinski definition) is 3. The van der Waals surface area contributed by atoms with Crippen molar-refractivity contribution in [1.82, 2.24) is 9.38 Å². The highest BCUT2D eigenvalue weighted by atomic mass is 32.1. The number of fused-ring (bicyclic) bond motifs is 1. The standard InChI is InChI=1S/C19H16N4OS/c1-13-5-3-9-23-12-16(21-18(13)23)14-6-2-7-15(11-14)20-19(24)22-17-8-4-10-25-17/h2-12H,1H3,(H2,20,22,24). The summed E-state index contributed by atoms with van der Waals surface area (Å²) in [6, 6.07) is 15.2. The summed E-state index contributed by atoms with van der Waals surface area (Å²) in [5.41, 5.74) is 4.61. The Kier molecular flexibility index (Phi) is 3.95. The smallest absolute Gasteiger partial charge is 0.308 e. The molecule has 0 atom stereocenters. The SMILES string of the molecule is Cc1cccn2cc(-c3cccc(NC(=O)Nc4cccs4)c3)nc12. The molecule has 6 heteroatoms. The Labute approximate surface area is 149 Å². The molecule has 2 N–H and O–H groups in total. The molecule has 0 aliphatic heterocycles. The van der Waals surface area contributed by atoms with E-state index < -0.39 is 0 Å². The number of imidazole rings is 1. The molecule has 25 heavy (non-hydrogen) atoms. The number of carbonyl (C=O) groups excluding carboxylic acids is 1. The molecule has 4 aromatic rings. The third-order valence-electron chi connectivity index (χ3n) is 3.85. The van der Waals surface area contributed by atoms with E-state index in [0.29, 0.717) is 0 Å². The molecule has 4 rings (SSSR count). The van der Waals surface area contributed by atoms with E-state index in [1.165, 1.54) is 11.3 Å². The lowest BCUT2D eigenvalue weighted by atomic mass is 10.1.